The Labute approximate surface area is 140 Å². The number of halogens is 3. The number of benzene rings is 2. The fraction of sp³-hybridized carbons (Fsp3) is 0.238. The van der Waals surface area contributed by atoms with Crippen LogP contribution in [0, 0.1) is 5.82 Å². The van der Waals surface area contributed by atoms with Crippen molar-refractivity contribution in [1.82, 2.24) is 0 Å². The summed E-state index contributed by atoms with van der Waals surface area (Å²) in [4.78, 5) is 0. The third kappa shape index (κ3) is 3.16. The first-order chi connectivity index (χ1) is 11.5. The lowest BCUT2D eigenvalue weighted by atomic mass is 9.78. The van der Waals surface area contributed by atoms with Gasteiger partial charge in [0, 0.05) is 12.0 Å². The van der Waals surface area contributed by atoms with E-state index in [1.54, 1.807) is 12.1 Å². The smallest absolute Gasteiger partial charge is 0.165 e. The zero-order valence-corrected chi connectivity index (χ0v) is 13.5. The first-order valence-electron chi connectivity index (χ1n) is 8.15. The van der Waals surface area contributed by atoms with Gasteiger partial charge in [-0.2, -0.15) is 0 Å². The van der Waals surface area contributed by atoms with Crippen LogP contribution in [0.15, 0.2) is 66.5 Å². The Morgan fingerprint density at radius 1 is 1.04 bits per heavy atom. The molecule has 0 bridgehead atoms. The highest BCUT2D eigenvalue weighted by Crippen LogP contribution is 2.46. The molecule has 0 fully saturated rings. The maximum Gasteiger partial charge on any atom is 0.165 e. The fourth-order valence-electron chi connectivity index (χ4n) is 3.16. The third-order valence-corrected chi connectivity index (χ3v) is 4.35. The Hall–Kier alpha value is -2.29. The van der Waals surface area contributed by atoms with Crippen LogP contribution < -0.4 is 0 Å². The number of alkyl halides is 1. The molecule has 0 aliphatic heterocycles. The largest absolute Gasteiger partial charge is 0.233 e. The molecule has 1 unspecified atom stereocenters. The first kappa shape index (κ1) is 16.6. The van der Waals surface area contributed by atoms with E-state index in [9.17, 15) is 8.78 Å². The van der Waals surface area contributed by atoms with Gasteiger partial charge in [0.15, 0.2) is 5.67 Å². The molecule has 0 heterocycles. The molecule has 0 nitrogen and oxygen atoms in total. The molecule has 3 rings (SSSR count). The first-order valence-corrected chi connectivity index (χ1v) is 8.15. The molecule has 0 radical (unpaired) electrons. The Morgan fingerprint density at radius 2 is 1.83 bits per heavy atom. The summed E-state index contributed by atoms with van der Waals surface area (Å²) in [5, 5.41) is 0. The summed E-state index contributed by atoms with van der Waals surface area (Å²) < 4.78 is 43.3. The van der Waals surface area contributed by atoms with Crippen molar-refractivity contribution in [2.24, 2.45) is 0 Å². The molecule has 0 saturated heterocycles. The van der Waals surface area contributed by atoms with E-state index >= 15 is 4.39 Å². The second-order valence-electron chi connectivity index (χ2n) is 6.11. The fourth-order valence-corrected chi connectivity index (χ4v) is 3.16. The van der Waals surface area contributed by atoms with Gasteiger partial charge in [0.05, 0.1) is 0 Å². The quantitative estimate of drug-likeness (QED) is 0.619. The van der Waals surface area contributed by atoms with Gasteiger partial charge in [-0.25, -0.2) is 13.2 Å². The molecule has 2 aromatic rings. The van der Waals surface area contributed by atoms with Crippen LogP contribution in [0.25, 0.3) is 5.57 Å². The molecule has 1 aliphatic carbocycles. The van der Waals surface area contributed by atoms with Crippen molar-refractivity contribution < 1.29 is 13.2 Å². The minimum absolute atomic E-state index is 0.147. The highest BCUT2D eigenvalue weighted by Gasteiger charge is 2.39. The number of allylic oxidation sites excluding steroid dienone is 4. The van der Waals surface area contributed by atoms with Gasteiger partial charge in [-0.1, -0.05) is 49.7 Å². The number of hydrogen-bond acceptors (Lipinski definition) is 0. The zero-order chi connectivity index (χ0) is 17.2. The molecule has 0 N–H and O–H groups in total. The lowest BCUT2D eigenvalue weighted by Gasteiger charge is -2.31. The van der Waals surface area contributed by atoms with Crippen molar-refractivity contribution in [2.45, 2.75) is 31.9 Å². The molecule has 0 spiro atoms. The summed E-state index contributed by atoms with van der Waals surface area (Å²) in [7, 11) is 0. The van der Waals surface area contributed by atoms with Crippen molar-refractivity contribution in [3.8, 4) is 0 Å². The van der Waals surface area contributed by atoms with Gasteiger partial charge in [-0.15, -0.1) is 0 Å². The molecule has 0 amide bonds. The van der Waals surface area contributed by atoms with Crippen LogP contribution >= 0.6 is 0 Å². The summed E-state index contributed by atoms with van der Waals surface area (Å²) in [6.07, 6.45) is 4.13. The predicted molar refractivity (Wildman–Crippen MR) is 91.4 cm³/mol. The van der Waals surface area contributed by atoms with Gasteiger partial charge in [-0.05, 0) is 47.4 Å². The van der Waals surface area contributed by atoms with Crippen molar-refractivity contribution in [2.75, 3.05) is 0 Å². The predicted octanol–water partition coefficient (Wildman–Crippen LogP) is 6.28. The van der Waals surface area contributed by atoms with E-state index in [-0.39, 0.29) is 17.6 Å². The van der Waals surface area contributed by atoms with E-state index in [1.165, 1.54) is 30.4 Å². The summed E-state index contributed by atoms with van der Waals surface area (Å²) in [5.41, 5.74) is 0.218. The maximum atomic E-state index is 15.9. The lowest BCUT2D eigenvalue weighted by molar-refractivity contribution is 0.246. The highest BCUT2D eigenvalue weighted by molar-refractivity contribution is 5.77. The Morgan fingerprint density at radius 3 is 2.58 bits per heavy atom. The van der Waals surface area contributed by atoms with Crippen molar-refractivity contribution >= 4 is 5.57 Å². The second kappa shape index (κ2) is 6.68. The standard InChI is InChI=1S/C21H19F3/c1-2-5-15-6-3-7-16(12-15)20-14-19(23)10-11-21(20,24)17-8-4-9-18(22)13-17/h3-4,6-10,12-14H,2,5,11H2,1H3. The SMILES string of the molecule is CCCc1cccc(C2=CC(F)=CCC2(F)c2cccc(F)c2)c1. The van der Waals surface area contributed by atoms with E-state index in [0.29, 0.717) is 5.56 Å². The highest BCUT2D eigenvalue weighted by atomic mass is 19.1. The van der Waals surface area contributed by atoms with Crippen LogP contribution in [-0.4, -0.2) is 0 Å². The molecule has 0 saturated carbocycles. The van der Waals surface area contributed by atoms with E-state index in [2.05, 4.69) is 6.92 Å². The van der Waals surface area contributed by atoms with Gasteiger partial charge in [0.1, 0.15) is 11.6 Å². The summed E-state index contributed by atoms with van der Waals surface area (Å²) in [5.74, 6) is -0.964. The van der Waals surface area contributed by atoms with E-state index in [1.807, 2.05) is 18.2 Å². The molecule has 1 aliphatic rings. The second-order valence-corrected chi connectivity index (χ2v) is 6.11. The molecule has 3 heteroatoms. The Kier molecular flexibility index (Phi) is 4.61. The summed E-state index contributed by atoms with van der Waals surface area (Å²) in [6.45, 7) is 2.07. The minimum Gasteiger partial charge on any atom is -0.233 e. The van der Waals surface area contributed by atoms with Gasteiger partial charge in [-0.3, -0.25) is 0 Å². The molecule has 0 aromatic heterocycles. The van der Waals surface area contributed by atoms with Crippen molar-refractivity contribution in [1.29, 1.82) is 0 Å². The minimum atomic E-state index is -1.94. The molecule has 24 heavy (non-hydrogen) atoms. The van der Waals surface area contributed by atoms with Crippen LogP contribution in [-0.2, 0) is 12.1 Å². The number of hydrogen-bond donors (Lipinski definition) is 0. The third-order valence-electron chi connectivity index (χ3n) is 4.35. The van der Waals surface area contributed by atoms with Crippen LogP contribution in [0.4, 0.5) is 13.2 Å². The summed E-state index contributed by atoms with van der Waals surface area (Å²) >= 11 is 0. The zero-order valence-electron chi connectivity index (χ0n) is 13.5. The number of aryl methyl sites for hydroxylation is 1. The topological polar surface area (TPSA) is 0 Å². The molecule has 124 valence electrons. The van der Waals surface area contributed by atoms with Gasteiger partial charge < -0.3 is 0 Å². The van der Waals surface area contributed by atoms with Crippen LogP contribution in [0.3, 0.4) is 0 Å². The maximum absolute atomic E-state index is 15.9. The monoisotopic (exact) mass is 328 g/mol. The average Bonchev–Trinajstić information content (AvgIpc) is 2.58. The van der Waals surface area contributed by atoms with Gasteiger partial charge in [0.2, 0.25) is 0 Å². The van der Waals surface area contributed by atoms with Crippen LogP contribution in [0.1, 0.15) is 36.5 Å². The van der Waals surface area contributed by atoms with E-state index < -0.39 is 17.3 Å². The van der Waals surface area contributed by atoms with Crippen molar-refractivity contribution in [3.05, 3.63) is 89.0 Å². The molecule has 1 atom stereocenters. The van der Waals surface area contributed by atoms with E-state index in [4.69, 9.17) is 0 Å². The summed E-state index contributed by atoms with van der Waals surface area (Å²) in [6, 6.07) is 13.0. The normalized spacial score (nSPS) is 20.5. The lowest BCUT2D eigenvalue weighted by Crippen LogP contribution is -2.24. The number of rotatable bonds is 4. The molecular formula is C21H19F3. The van der Waals surface area contributed by atoms with Crippen LogP contribution in [0.5, 0.6) is 0 Å². The van der Waals surface area contributed by atoms with Gasteiger partial charge >= 0.3 is 0 Å². The van der Waals surface area contributed by atoms with E-state index in [0.717, 1.165) is 18.4 Å². The molecular weight excluding hydrogens is 309 g/mol. The average molecular weight is 328 g/mol. The van der Waals surface area contributed by atoms with Gasteiger partial charge in [0.25, 0.3) is 0 Å². The van der Waals surface area contributed by atoms with Crippen LogP contribution in [0.2, 0.25) is 0 Å². The Balaban J connectivity index is 2.11. The van der Waals surface area contributed by atoms with Crippen molar-refractivity contribution in [3.63, 3.8) is 0 Å². The molecule has 2 aromatic carbocycles. The Bertz CT molecular complexity index is 804.